The van der Waals surface area contributed by atoms with E-state index in [1.807, 2.05) is 6.92 Å². The van der Waals surface area contributed by atoms with E-state index in [1.54, 1.807) is 23.1 Å². The molecule has 0 bridgehead atoms. The molecule has 0 unspecified atom stereocenters. The maximum atomic E-state index is 12.9. The Morgan fingerprint density at radius 2 is 1.84 bits per heavy atom. The van der Waals surface area contributed by atoms with Crippen LogP contribution in [0.1, 0.15) is 63.7 Å². The van der Waals surface area contributed by atoms with E-state index in [-0.39, 0.29) is 28.8 Å². The number of carbonyl (C=O) groups is 4. The number of unbranched alkanes of at least 4 members (excludes halogenated alkanes) is 1. The summed E-state index contributed by atoms with van der Waals surface area (Å²) in [5.74, 6) is -0.537. The summed E-state index contributed by atoms with van der Waals surface area (Å²) in [6, 6.07) is 9.62. The van der Waals surface area contributed by atoms with Crippen molar-refractivity contribution in [1.82, 2.24) is 4.90 Å². The first kappa shape index (κ1) is 21.5. The third-order valence-electron chi connectivity index (χ3n) is 5.77. The molecule has 2 heterocycles. The molecule has 1 fully saturated rings. The lowest BCUT2D eigenvalue weighted by atomic mass is 10.1. The summed E-state index contributed by atoms with van der Waals surface area (Å²) in [7, 11) is 1.53. The Morgan fingerprint density at radius 1 is 1.06 bits per heavy atom. The molecule has 2 aromatic carbocycles. The van der Waals surface area contributed by atoms with Gasteiger partial charge in [-0.3, -0.25) is 24.1 Å². The predicted molar refractivity (Wildman–Crippen MR) is 119 cm³/mol. The molecule has 1 N–H and O–H groups in total. The average molecular weight is 435 g/mol. The lowest BCUT2D eigenvalue weighted by molar-refractivity contribution is -0.117. The first-order valence-electron chi connectivity index (χ1n) is 10.7. The van der Waals surface area contributed by atoms with E-state index in [0.717, 1.165) is 19.3 Å². The predicted octanol–water partition coefficient (Wildman–Crippen LogP) is 3.47. The normalized spacial score (nSPS) is 15.4. The number of ether oxygens (including phenoxy) is 1. The average Bonchev–Trinajstić information content (AvgIpc) is 3.33. The van der Waals surface area contributed by atoms with E-state index < -0.39 is 5.91 Å². The van der Waals surface area contributed by atoms with Gasteiger partial charge in [-0.05, 0) is 49.2 Å². The molecular formula is C24H25N3O5. The Balaban J connectivity index is 1.56. The number of rotatable bonds is 7. The summed E-state index contributed by atoms with van der Waals surface area (Å²) in [5.41, 5.74) is 1.95. The largest absolute Gasteiger partial charge is 0.495 e. The Hall–Kier alpha value is -3.68. The summed E-state index contributed by atoms with van der Waals surface area (Å²) >= 11 is 0. The summed E-state index contributed by atoms with van der Waals surface area (Å²) in [5, 5.41) is 2.81. The molecule has 32 heavy (non-hydrogen) atoms. The Labute approximate surface area is 186 Å². The molecule has 2 aromatic rings. The molecule has 1 saturated heterocycles. The van der Waals surface area contributed by atoms with Gasteiger partial charge in [0, 0.05) is 30.8 Å². The fourth-order valence-corrected chi connectivity index (χ4v) is 4.04. The van der Waals surface area contributed by atoms with Gasteiger partial charge in [-0.2, -0.15) is 0 Å². The van der Waals surface area contributed by atoms with Gasteiger partial charge in [-0.25, -0.2) is 0 Å². The number of methoxy groups -OCH3 is 1. The van der Waals surface area contributed by atoms with Gasteiger partial charge < -0.3 is 15.0 Å². The molecule has 2 aliphatic rings. The lowest BCUT2D eigenvalue weighted by Gasteiger charge is -2.20. The number of carbonyl (C=O) groups excluding carboxylic acids is 4. The molecule has 2 aliphatic heterocycles. The second-order valence-corrected chi connectivity index (χ2v) is 7.87. The van der Waals surface area contributed by atoms with Crippen LogP contribution in [0.25, 0.3) is 0 Å². The maximum Gasteiger partial charge on any atom is 0.261 e. The summed E-state index contributed by atoms with van der Waals surface area (Å²) < 4.78 is 5.38. The molecule has 166 valence electrons. The minimum atomic E-state index is -0.413. The SMILES string of the molecule is CCCCN1C(=O)c2ccc(C(=O)Nc3ccc(OC)c(N4CCCC4=O)c3)cc2C1=O. The smallest absolute Gasteiger partial charge is 0.261 e. The molecule has 4 amide bonds. The van der Waals surface area contributed by atoms with Crippen molar-refractivity contribution in [3.8, 4) is 5.75 Å². The summed E-state index contributed by atoms with van der Waals surface area (Å²) in [4.78, 5) is 53.1. The molecule has 0 radical (unpaired) electrons. The van der Waals surface area contributed by atoms with Crippen LogP contribution < -0.4 is 15.0 Å². The molecule has 0 aromatic heterocycles. The zero-order chi connectivity index (χ0) is 22.8. The highest BCUT2D eigenvalue weighted by molar-refractivity contribution is 6.22. The van der Waals surface area contributed by atoms with Crippen molar-refractivity contribution in [3.05, 3.63) is 53.1 Å². The van der Waals surface area contributed by atoms with Crippen LogP contribution in [-0.2, 0) is 4.79 Å². The highest BCUT2D eigenvalue weighted by Gasteiger charge is 2.35. The van der Waals surface area contributed by atoms with E-state index >= 15 is 0 Å². The number of benzene rings is 2. The molecule has 0 aliphatic carbocycles. The first-order chi connectivity index (χ1) is 15.4. The van der Waals surface area contributed by atoms with Gasteiger partial charge in [0.25, 0.3) is 17.7 Å². The number of hydrogen-bond acceptors (Lipinski definition) is 5. The quantitative estimate of drug-likeness (QED) is 0.672. The van der Waals surface area contributed by atoms with Crippen LogP contribution in [0.4, 0.5) is 11.4 Å². The molecule has 8 nitrogen and oxygen atoms in total. The molecule has 4 rings (SSSR count). The van der Waals surface area contributed by atoms with Crippen molar-refractivity contribution in [2.75, 3.05) is 30.4 Å². The van der Waals surface area contributed by atoms with Gasteiger partial charge in [0.2, 0.25) is 5.91 Å². The first-order valence-corrected chi connectivity index (χ1v) is 10.7. The van der Waals surface area contributed by atoms with E-state index in [9.17, 15) is 19.2 Å². The van der Waals surface area contributed by atoms with E-state index in [2.05, 4.69) is 5.32 Å². The zero-order valence-electron chi connectivity index (χ0n) is 18.1. The minimum absolute atomic E-state index is 0.0150. The second kappa shape index (κ2) is 8.82. The Bertz CT molecular complexity index is 1110. The molecule has 0 atom stereocenters. The van der Waals surface area contributed by atoms with Gasteiger partial charge in [-0.15, -0.1) is 0 Å². The third kappa shape index (κ3) is 3.84. The van der Waals surface area contributed by atoms with Gasteiger partial charge in [0.05, 0.1) is 23.9 Å². The Kier molecular flexibility index (Phi) is 5.94. The van der Waals surface area contributed by atoms with Crippen LogP contribution in [-0.4, -0.2) is 48.7 Å². The van der Waals surface area contributed by atoms with Gasteiger partial charge >= 0.3 is 0 Å². The van der Waals surface area contributed by atoms with Gasteiger partial charge in [0.15, 0.2) is 0 Å². The third-order valence-corrected chi connectivity index (χ3v) is 5.77. The van der Waals surface area contributed by atoms with E-state index in [0.29, 0.717) is 42.2 Å². The summed E-state index contributed by atoms with van der Waals surface area (Å²) in [6.07, 6.45) is 2.86. The van der Waals surface area contributed by atoms with Crippen LogP contribution in [0.5, 0.6) is 5.75 Å². The van der Waals surface area contributed by atoms with Gasteiger partial charge in [-0.1, -0.05) is 13.3 Å². The van der Waals surface area contributed by atoms with Crippen molar-refractivity contribution in [2.24, 2.45) is 0 Å². The van der Waals surface area contributed by atoms with Gasteiger partial charge in [0.1, 0.15) is 5.75 Å². The van der Waals surface area contributed by atoms with Crippen molar-refractivity contribution >= 4 is 35.0 Å². The zero-order valence-corrected chi connectivity index (χ0v) is 18.1. The van der Waals surface area contributed by atoms with Crippen LogP contribution >= 0.6 is 0 Å². The summed E-state index contributed by atoms with van der Waals surface area (Å²) in [6.45, 7) is 2.96. The van der Waals surface area contributed by atoms with Crippen LogP contribution in [0.3, 0.4) is 0 Å². The molecule has 0 spiro atoms. The van der Waals surface area contributed by atoms with Crippen LogP contribution in [0.15, 0.2) is 36.4 Å². The monoisotopic (exact) mass is 435 g/mol. The fourth-order valence-electron chi connectivity index (χ4n) is 4.04. The lowest BCUT2D eigenvalue weighted by Crippen LogP contribution is -2.30. The maximum absolute atomic E-state index is 12.9. The number of nitrogens with zero attached hydrogens (tertiary/aromatic N) is 2. The van der Waals surface area contributed by atoms with Crippen LogP contribution in [0.2, 0.25) is 0 Å². The van der Waals surface area contributed by atoms with Crippen molar-refractivity contribution in [3.63, 3.8) is 0 Å². The molecule has 0 saturated carbocycles. The molecular weight excluding hydrogens is 410 g/mol. The number of nitrogens with one attached hydrogen (secondary N) is 1. The van der Waals surface area contributed by atoms with Crippen molar-refractivity contribution < 1.29 is 23.9 Å². The van der Waals surface area contributed by atoms with Crippen LogP contribution in [0, 0.1) is 0 Å². The van der Waals surface area contributed by atoms with Crippen molar-refractivity contribution in [1.29, 1.82) is 0 Å². The highest BCUT2D eigenvalue weighted by Crippen LogP contribution is 2.34. The highest BCUT2D eigenvalue weighted by atomic mass is 16.5. The molecule has 8 heteroatoms. The minimum Gasteiger partial charge on any atom is -0.495 e. The number of imide groups is 1. The number of anilines is 2. The standard InChI is InChI=1S/C24H25N3O5/c1-3-4-11-27-23(30)17-9-7-15(13-18(17)24(27)31)22(29)25-16-8-10-20(32-2)19(14-16)26-12-5-6-21(26)28/h7-10,13-14H,3-6,11-12H2,1-2H3,(H,25,29). The number of fused-ring (bicyclic) bond motifs is 1. The van der Waals surface area contributed by atoms with E-state index in [4.69, 9.17) is 4.74 Å². The van der Waals surface area contributed by atoms with Crippen molar-refractivity contribution in [2.45, 2.75) is 32.6 Å². The van der Waals surface area contributed by atoms with E-state index in [1.165, 1.54) is 30.2 Å². The fraction of sp³-hybridized carbons (Fsp3) is 0.333. The number of amides is 4. The second-order valence-electron chi connectivity index (χ2n) is 7.87. The Morgan fingerprint density at radius 3 is 2.53 bits per heavy atom. The number of hydrogen-bond donors (Lipinski definition) is 1. The topological polar surface area (TPSA) is 96.0 Å².